The summed E-state index contributed by atoms with van der Waals surface area (Å²) in [5.74, 6) is -0.0740. The minimum atomic E-state index is -0.0956. The van der Waals surface area contributed by atoms with Crippen molar-refractivity contribution in [1.82, 2.24) is 15.3 Å². The van der Waals surface area contributed by atoms with Crippen molar-refractivity contribution in [2.45, 2.75) is 46.7 Å². The Kier molecular flexibility index (Phi) is 6.76. The van der Waals surface area contributed by atoms with Gasteiger partial charge in [-0.2, -0.15) is 0 Å². The Bertz CT molecular complexity index is 1210. The molecule has 0 unspecified atom stereocenters. The predicted molar refractivity (Wildman–Crippen MR) is 146 cm³/mol. The van der Waals surface area contributed by atoms with Gasteiger partial charge in [0.05, 0.1) is 17.8 Å². The number of anilines is 2. The molecule has 1 amide bonds. The van der Waals surface area contributed by atoms with E-state index in [2.05, 4.69) is 68.0 Å². The SMILES string of the molecule is Cc1cc(N2C(=S)N[C@H](c3ccccn3)[C@@H]2c2c(C)[nH]c(C)c2I)ccc1NC(=O)C(C)C. The number of thiocarbonyl (C=S) groups is 1. The number of halogens is 1. The van der Waals surface area contributed by atoms with Crippen molar-refractivity contribution in [3.8, 4) is 0 Å². The largest absolute Gasteiger partial charge is 0.362 e. The Labute approximate surface area is 213 Å². The number of aromatic nitrogens is 2. The van der Waals surface area contributed by atoms with E-state index in [1.54, 1.807) is 0 Å². The molecular weight excluding hydrogens is 545 g/mol. The fraction of sp³-hybridized carbons (Fsp3) is 0.320. The molecule has 1 aliphatic rings. The molecule has 172 valence electrons. The summed E-state index contributed by atoms with van der Waals surface area (Å²) < 4.78 is 1.20. The maximum Gasteiger partial charge on any atom is 0.226 e. The van der Waals surface area contributed by atoms with Gasteiger partial charge in [0.2, 0.25) is 5.91 Å². The number of aryl methyl sites for hydroxylation is 3. The maximum absolute atomic E-state index is 12.2. The molecule has 6 nitrogen and oxygen atoms in total. The Morgan fingerprint density at radius 1 is 1.18 bits per heavy atom. The Morgan fingerprint density at radius 2 is 1.94 bits per heavy atom. The normalized spacial score (nSPS) is 18.0. The number of carbonyl (C=O) groups is 1. The van der Waals surface area contributed by atoms with Crippen LogP contribution < -0.4 is 15.5 Å². The van der Waals surface area contributed by atoms with Crippen LogP contribution in [0.15, 0.2) is 42.6 Å². The van der Waals surface area contributed by atoms with Gasteiger partial charge in [-0.15, -0.1) is 0 Å². The van der Waals surface area contributed by atoms with Crippen molar-refractivity contribution in [1.29, 1.82) is 0 Å². The number of rotatable bonds is 5. The first-order valence-corrected chi connectivity index (χ1v) is 12.4. The molecule has 4 rings (SSSR count). The number of hydrogen-bond acceptors (Lipinski definition) is 3. The van der Waals surface area contributed by atoms with Crippen LogP contribution in [-0.4, -0.2) is 21.0 Å². The second-order valence-electron chi connectivity index (χ2n) is 8.74. The average molecular weight is 574 g/mol. The Balaban J connectivity index is 1.80. The summed E-state index contributed by atoms with van der Waals surface area (Å²) in [4.78, 5) is 22.5. The quantitative estimate of drug-likeness (QED) is 0.270. The fourth-order valence-corrected chi connectivity index (χ4v) is 5.47. The van der Waals surface area contributed by atoms with Crippen LogP contribution in [0.1, 0.15) is 54.1 Å². The van der Waals surface area contributed by atoms with E-state index >= 15 is 0 Å². The molecular formula is C25H28IN5OS. The summed E-state index contributed by atoms with van der Waals surface area (Å²) in [5.41, 5.74) is 7.20. The first-order valence-electron chi connectivity index (χ1n) is 11.0. The van der Waals surface area contributed by atoms with Crippen LogP contribution in [0.2, 0.25) is 0 Å². The lowest BCUT2D eigenvalue weighted by Gasteiger charge is -2.29. The van der Waals surface area contributed by atoms with Crippen LogP contribution >= 0.6 is 34.8 Å². The molecule has 1 fully saturated rings. The standard InChI is InChI=1S/C25H28IN5OS/c1-13(2)24(32)29-18-10-9-17(12-14(18)3)31-23(20-15(4)28-16(5)21(20)26)22(30-25(31)33)19-8-6-7-11-27-19/h6-13,22-23,28H,1-5H3,(H,29,32)(H,30,33)/t22-,23+/m1/s1. The third-order valence-corrected chi connectivity index (χ3v) is 7.71. The molecule has 0 bridgehead atoms. The van der Waals surface area contributed by atoms with Crippen molar-refractivity contribution in [3.63, 3.8) is 0 Å². The first kappa shape index (κ1) is 23.7. The highest BCUT2D eigenvalue weighted by Gasteiger charge is 2.43. The monoisotopic (exact) mass is 573 g/mol. The number of hydrogen-bond donors (Lipinski definition) is 3. The Morgan fingerprint density at radius 3 is 2.52 bits per heavy atom. The molecule has 0 saturated carbocycles. The lowest BCUT2D eigenvalue weighted by atomic mass is 9.96. The van der Waals surface area contributed by atoms with Crippen molar-refractivity contribution in [2.24, 2.45) is 5.92 Å². The number of amides is 1. The number of H-pyrrole nitrogens is 1. The number of nitrogens with one attached hydrogen (secondary N) is 3. The maximum atomic E-state index is 12.2. The van der Waals surface area contributed by atoms with E-state index < -0.39 is 0 Å². The third kappa shape index (κ3) is 4.50. The molecule has 0 spiro atoms. The van der Waals surface area contributed by atoms with Gasteiger partial charge in [-0.1, -0.05) is 19.9 Å². The fourth-order valence-electron chi connectivity index (χ4n) is 4.26. The minimum Gasteiger partial charge on any atom is -0.362 e. The van der Waals surface area contributed by atoms with Crippen LogP contribution in [0, 0.1) is 30.3 Å². The lowest BCUT2D eigenvalue weighted by molar-refractivity contribution is -0.118. The molecule has 3 N–H and O–H groups in total. The Hall–Kier alpha value is -2.46. The molecule has 0 aliphatic carbocycles. The van der Waals surface area contributed by atoms with Crippen LogP contribution in [0.3, 0.4) is 0 Å². The molecule has 3 heterocycles. The van der Waals surface area contributed by atoms with Crippen molar-refractivity contribution in [3.05, 3.63) is 74.4 Å². The lowest BCUT2D eigenvalue weighted by Crippen LogP contribution is -2.30. The highest BCUT2D eigenvalue weighted by Crippen LogP contribution is 2.45. The second-order valence-corrected chi connectivity index (χ2v) is 10.2. The summed E-state index contributed by atoms with van der Waals surface area (Å²) >= 11 is 8.27. The van der Waals surface area contributed by atoms with E-state index in [4.69, 9.17) is 12.2 Å². The summed E-state index contributed by atoms with van der Waals surface area (Å²) in [6, 6.07) is 11.9. The van der Waals surface area contributed by atoms with Gasteiger partial charge < -0.3 is 20.5 Å². The smallest absolute Gasteiger partial charge is 0.226 e. The van der Waals surface area contributed by atoms with Crippen molar-refractivity contribution >= 4 is 57.2 Å². The predicted octanol–water partition coefficient (Wildman–Crippen LogP) is 5.71. The topological polar surface area (TPSA) is 73.1 Å². The zero-order chi connectivity index (χ0) is 23.9. The molecule has 0 radical (unpaired) electrons. The van der Waals surface area contributed by atoms with Crippen LogP contribution in [0.5, 0.6) is 0 Å². The van der Waals surface area contributed by atoms with Gasteiger partial charge >= 0.3 is 0 Å². The molecule has 1 saturated heterocycles. The van der Waals surface area contributed by atoms with E-state index in [0.717, 1.165) is 34.0 Å². The molecule has 8 heteroatoms. The second kappa shape index (κ2) is 9.42. The molecule has 33 heavy (non-hydrogen) atoms. The van der Waals surface area contributed by atoms with Gasteiger partial charge in [0, 0.05) is 44.0 Å². The number of pyridine rings is 1. The highest BCUT2D eigenvalue weighted by molar-refractivity contribution is 14.1. The van der Waals surface area contributed by atoms with Gasteiger partial charge in [0.1, 0.15) is 0 Å². The van der Waals surface area contributed by atoms with Crippen LogP contribution in [0.25, 0.3) is 0 Å². The van der Waals surface area contributed by atoms with Gasteiger partial charge in [-0.05, 0) is 91.5 Å². The molecule has 2 atom stereocenters. The van der Waals surface area contributed by atoms with Crippen LogP contribution in [0.4, 0.5) is 11.4 Å². The molecule has 1 aromatic carbocycles. The van der Waals surface area contributed by atoms with Crippen molar-refractivity contribution in [2.75, 3.05) is 10.2 Å². The molecule has 1 aliphatic heterocycles. The number of aromatic amines is 1. The zero-order valence-electron chi connectivity index (χ0n) is 19.4. The highest BCUT2D eigenvalue weighted by atomic mass is 127. The number of carbonyl (C=O) groups excluding carboxylic acids is 1. The van der Waals surface area contributed by atoms with Crippen LogP contribution in [-0.2, 0) is 4.79 Å². The summed E-state index contributed by atoms with van der Waals surface area (Å²) in [6.45, 7) is 9.98. The summed E-state index contributed by atoms with van der Waals surface area (Å²) in [7, 11) is 0. The van der Waals surface area contributed by atoms with E-state index in [9.17, 15) is 4.79 Å². The van der Waals surface area contributed by atoms with Crippen molar-refractivity contribution < 1.29 is 4.79 Å². The van der Waals surface area contributed by atoms with Gasteiger partial charge in [0.25, 0.3) is 0 Å². The van der Waals surface area contributed by atoms with Gasteiger partial charge in [0.15, 0.2) is 5.11 Å². The number of nitrogens with zero attached hydrogens (tertiary/aromatic N) is 2. The van der Waals surface area contributed by atoms with Gasteiger partial charge in [-0.25, -0.2) is 0 Å². The molecule has 2 aromatic heterocycles. The van der Waals surface area contributed by atoms with Gasteiger partial charge in [-0.3, -0.25) is 9.78 Å². The van der Waals surface area contributed by atoms with E-state index in [-0.39, 0.29) is 23.9 Å². The number of benzene rings is 1. The average Bonchev–Trinajstić information content (AvgIpc) is 3.24. The van der Waals surface area contributed by atoms with E-state index in [0.29, 0.717) is 5.11 Å². The van der Waals surface area contributed by atoms with E-state index in [1.807, 2.05) is 57.3 Å². The van der Waals surface area contributed by atoms with E-state index in [1.165, 1.54) is 9.13 Å². The first-order chi connectivity index (χ1) is 15.7. The zero-order valence-corrected chi connectivity index (χ0v) is 22.3. The summed E-state index contributed by atoms with van der Waals surface area (Å²) in [6.07, 6.45) is 1.82. The molecule has 3 aromatic rings. The summed E-state index contributed by atoms with van der Waals surface area (Å²) in [5, 5.41) is 7.19. The third-order valence-electron chi connectivity index (χ3n) is 6.01. The minimum absolute atomic E-state index is 0.00489.